The highest BCUT2D eigenvalue weighted by Gasteiger charge is 2.24. The van der Waals surface area contributed by atoms with Crippen LogP contribution >= 0.6 is 0 Å². The van der Waals surface area contributed by atoms with Gasteiger partial charge in [0.05, 0.1) is 7.11 Å². The number of hydrogen-bond acceptors (Lipinski definition) is 9. The molecule has 2 atom stereocenters. The molecule has 2 fully saturated rings. The van der Waals surface area contributed by atoms with Crippen LogP contribution in [0.4, 0.5) is 23.5 Å². The van der Waals surface area contributed by atoms with Crippen molar-refractivity contribution < 1.29 is 14.6 Å². The van der Waals surface area contributed by atoms with Crippen molar-refractivity contribution >= 4 is 29.5 Å². The maximum Gasteiger partial charge on any atom is 0.339 e. The highest BCUT2D eigenvalue weighted by atomic mass is 16.5. The Morgan fingerprint density at radius 3 is 2.57 bits per heavy atom. The Morgan fingerprint density at radius 1 is 1.11 bits per heavy atom. The lowest BCUT2D eigenvalue weighted by Crippen LogP contribution is -2.40. The molecule has 0 amide bonds. The van der Waals surface area contributed by atoms with E-state index in [1.165, 1.54) is 51.7 Å². The summed E-state index contributed by atoms with van der Waals surface area (Å²) >= 11 is 0. The lowest BCUT2D eigenvalue weighted by Gasteiger charge is -2.24. The van der Waals surface area contributed by atoms with Crippen molar-refractivity contribution in [1.29, 1.82) is 0 Å². The van der Waals surface area contributed by atoms with E-state index in [1.54, 1.807) is 12.1 Å². The third-order valence-electron chi connectivity index (χ3n) is 6.93. The first-order valence-electron chi connectivity index (χ1n) is 12.7. The first-order chi connectivity index (χ1) is 17.1. The molecular formula is C25H37N7O3. The number of aromatic carboxylic acids is 1. The average Bonchev–Trinajstić information content (AvgIpc) is 3.41. The number of methoxy groups -OCH3 is 1. The molecule has 5 N–H and O–H groups in total. The van der Waals surface area contributed by atoms with Gasteiger partial charge >= 0.3 is 5.97 Å². The van der Waals surface area contributed by atoms with Crippen molar-refractivity contribution in [3.63, 3.8) is 0 Å². The van der Waals surface area contributed by atoms with Crippen molar-refractivity contribution in [2.24, 2.45) is 5.92 Å². The predicted molar refractivity (Wildman–Crippen MR) is 137 cm³/mol. The van der Waals surface area contributed by atoms with E-state index in [9.17, 15) is 9.90 Å². The van der Waals surface area contributed by atoms with Crippen LogP contribution in [-0.4, -0.2) is 58.3 Å². The van der Waals surface area contributed by atoms with Crippen LogP contribution in [0.2, 0.25) is 0 Å². The SMILES string of the molecule is CCC(Nc1nc(NCC2CCCCC2)nc(Nc2ccc(OC)c(C(=O)O)c2)n1)C1CCCN1. The minimum atomic E-state index is -1.06. The van der Waals surface area contributed by atoms with Gasteiger partial charge in [0.25, 0.3) is 0 Å². The van der Waals surface area contributed by atoms with Gasteiger partial charge in [-0.05, 0) is 62.8 Å². The number of rotatable bonds is 11. The average molecular weight is 484 g/mol. The number of nitrogens with one attached hydrogen (secondary N) is 4. The van der Waals surface area contributed by atoms with E-state index < -0.39 is 5.97 Å². The van der Waals surface area contributed by atoms with E-state index in [2.05, 4.69) is 43.1 Å². The van der Waals surface area contributed by atoms with Crippen molar-refractivity contribution in [3.05, 3.63) is 23.8 Å². The standard InChI is InChI=1S/C25H37N7O3/c1-3-19(20-10-7-13-26-20)29-25-31-23(27-15-16-8-5-4-6-9-16)30-24(32-25)28-17-11-12-21(35-2)18(14-17)22(33)34/h11-12,14,16,19-20,26H,3-10,13,15H2,1-2H3,(H,33,34)(H3,27,28,29,30,31,32). The molecule has 0 spiro atoms. The number of hydrogen-bond donors (Lipinski definition) is 5. The number of carboxylic acids is 1. The molecule has 0 radical (unpaired) electrons. The molecule has 1 saturated carbocycles. The van der Waals surface area contributed by atoms with Gasteiger partial charge in [0.2, 0.25) is 17.8 Å². The van der Waals surface area contributed by atoms with Crippen molar-refractivity contribution in [2.75, 3.05) is 36.1 Å². The molecule has 35 heavy (non-hydrogen) atoms. The van der Waals surface area contributed by atoms with Crippen LogP contribution < -0.4 is 26.0 Å². The molecule has 1 aliphatic carbocycles. The van der Waals surface area contributed by atoms with Crippen LogP contribution in [0.5, 0.6) is 5.75 Å². The number of aromatic nitrogens is 3. The Bertz CT molecular complexity index is 991. The van der Waals surface area contributed by atoms with Crippen molar-refractivity contribution in [1.82, 2.24) is 20.3 Å². The Labute approximate surface area is 206 Å². The largest absolute Gasteiger partial charge is 0.496 e. The van der Waals surface area contributed by atoms with E-state index in [1.807, 2.05) is 0 Å². The van der Waals surface area contributed by atoms with Crippen LogP contribution in [0, 0.1) is 5.92 Å². The summed E-state index contributed by atoms with van der Waals surface area (Å²) in [6.07, 6.45) is 9.56. The summed E-state index contributed by atoms with van der Waals surface area (Å²) in [4.78, 5) is 25.5. The lowest BCUT2D eigenvalue weighted by molar-refractivity contribution is 0.0693. The summed E-state index contributed by atoms with van der Waals surface area (Å²) < 4.78 is 5.17. The van der Waals surface area contributed by atoms with Gasteiger partial charge < -0.3 is 31.1 Å². The number of anilines is 4. The van der Waals surface area contributed by atoms with Gasteiger partial charge in [-0.1, -0.05) is 26.2 Å². The zero-order chi connectivity index (χ0) is 24.6. The maximum atomic E-state index is 11.6. The summed E-state index contributed by atoms with van der Waals surface area (Å²) in [5.74, 6) is 1.22. The highest BCUT2D eigenvalue weighted by Crippen LogP contribution is 2.26. The Kier molecular flexibility index (Phi) is 8.57. The molecule has 1 saturated heterocycles. The van der Waals surface area contributed by atoms with Crippen LogP contribution in [0.3, 0.4) is 0 Å². The van der Waals surface area contributed by atoms with Crippen LogP contribution in [0.1, 0.15) is 68.6 Å². The smallest absolute Gasteiger partial charge is 0.339 e. The fourth-order valence-electron chi connectivity index (χ4n) is 4.99. The Morgan fingerprint density at radius 2 is 1.89 bits per heavy atom. The zero-order valence-corrected chi connectivity index (χ0v) is 20.6. The molecule has 2 aliphatic rings. The Balaban J connectivity index is 1.56. The molecule has 190 valence electrons. The summed E-state index contributed by atoms with van der Waals surface area (Å²) in [5, 5.41) is 23.2. The van der Waals surface area contributed by atoms with E-state index in [4.69, 9.17) is 4.74 Å². The van der Waals surface area contributed by atoms with Gasteiger partial charge in [-0.25, -0.2) is 4.79 Å². The molecule has 1 aliphatic heterocycles. The minimum Gasteiger partial charge on any atom is -0.496 e. The molecule has 10 nitrogen and oxygen atoms in total. The fourth-order valence-corrected chi connectivity index (χ4v) is 4.99. The van der Waals surface area contributed by atoms with Gasteiger partial charge in [0, 0.05) is 24.3 Å². The minimum absolute atomic E-state index is 0.0684. The van der Waals surface area contributed by atoms with E-state index in [0.717, 1.165) is 25.9 Å². The van der Waals surface area contributed by atoms with Crippen molar-refractivity contribution in [2.45, 2.75) is 70.4 Å². The third-order valence-corrected chi connectivity index (χ3v) is 6.93. The maximum absolute atomic E-state index is 11.6. The number of nitrogens with zero attached hydrogens (tertiary/aromatic N) is 3. The van der Waals surface area contributed by atoms with Crippen LogP contribution in [0.15, 0.2) is 18.2 Å². The van der Waals surface area contributed by atoms with Crippen LogP contribution in [-0.2, 0) is 0 Å². The monoisotopic (exact) mass is 483 g/mol. The number of benzene rings is 1. The number of ether oxygens (including phenoxy) is 1. The molecule has 10 heteroatoms. The van der Waals surface area contributed by atoms with Gasteiger partial charge in [-0.3, -0.25) is 0 Å². The van der Waals surface area contributed by atoms with E-state index in [0.29, 0.717) is 41.2 Å². The van der Waals surface area contributed by atoms with Gasteiger partial charge in [0.1, 0.15) is 11.3 Å². The quantitative estimate of drug-likeness (QED) is 0.316. The fraction of sp³-hybridized carbons (Fsp3) is 0.600. The first-order valence-corrected chi connectivity index (χ1v) is 12.7. The van der Waals surface area contributed by atoms with Crippen LogP contribution in [0.25, 0.3) is 0 Å². The van der Waals surface area contributed by atoms with Crippen molar-refractivity contribution in [3.8, 4) is 5.75 Å². The summed E-state index contributed by atoms with van der Waals surface area (Å²) in [7, 11) is 1.45. The van der Waals surface area contributed by atoms with E-state index in [-0.39, 0.29) is 11.6 Å². The summed E-state index contributed by atoms with van der Waals surface area (Å²) in [5.41, 5.74) is 0.627. The molecule has 2 unspecified atom stereocenters. The molecule has 4 rings (SSSR count). The topological polar surface area (TPSA) is 133 Å². The molecule has 1 aromatic carbocycles. The second-order valence-electron chi connectivity index (χ2n) is 9.40. The molecule has 0 bridgehead atoms. The molecule has 2 aromatic rings. The normalized spacial score (nSPS) is 19.2. The number of carboxylic acid groups (broad SMARTS) is 1. The predicted octanol–water partition coefficient (Wildman–Crippen LogP) is 4.26. The highest BCUT2D eigenvalue weighted by molar-refractivity contribution is 5.92. The number of carbonyl (C=O) groups is 1. The first kappa shape index (κ1) is 25.0. The van der Waals surface area contributed by atoms with Gasteiger partial charge in [-0.2, -0.15) is 15.0 Å². The second kappa shape index (κ2) is 12.0. The zero-order valence-electron chi connectivity index (χ0n) is 20.6. The summed E-state index contributed by atoms with van der Waals surface area (Å²) in [6.45, 7) is 4.02. The molecular weight excluding hydrogens is 446 g/mol. The van der Waals surface area contributed by atoms with Gasteiger partial charge in [0.15, 0.2) is 0 Å². The second-order valence-corrected chi connectivity index (χ2v) is 9.40. The molecule has 2 heterocycles. The Hall–Kier alpha value is -3.14. The lowest BCUT2D eigenvalue weighted by atomic mass is 9.89. The molecule has 1 aromatic heterocycles. The summed E-state index contributed by atoms with van der Waals surface area (Å²) in [6, 6.07) is 5.47. The third kappa shape index (κ3) is 6.72. The van der Waals surface area contributed by atoms with Gasteiger partial charge in [-0.15, -0.1) is 0 Å². The van der Waals surface area contributed by atoms with E-state index >= 15 is 0 Å².